The Labute approximate surface area is 193 Å². The summed E-state index contributed by atoms with van der Waals surface area (Å²) in [6, 6.07) is 15.2. The second-order valence-corrected chi connectivity index (χ2v) is 7.33. The largest absolute Gasteiger partial charge is 0.489 e. The first-order valence-electron chi connectivity index (χ1n) is 10.0. The number of benzene rings is 3. The lowest BCUT2D eigenvalue weighted by Crippen LogP contribution is -2.06. The zero-order valence-electron chi connectivity index (χ0n) is 17.5. The summed E-state index contributed by atoms with van der Waals surface area (Å²) >= 11 is 6.02. The van der Waals surface area contributed by atoms with Gasteiger partial charge in [0.25, 0.3) is 0 Å². The highest BCUT2D eigenvalue weighted by Gasteiger charge is 2.13. The number of esters is 1. The smallest absolute Gasteiger partial charge is 0.338 e. The number of hydrogen-bond acceptors (Lipinski definition) is 6. The van der Waals surface area contributed by atoms with E-state index in [1.54, 1.807) is 43.3 Å². The van der Waals surface area contributed by atoms with Gasteiger partial charge in [-0.2, -0.15) is 0 Å². The van der Waals surface area contributed by atoms with E-state index in [9.17, 15) is 14.0 Å². The molecule has 0 unspecified atom stereocenters. The van der Waals surface area contributed by atoms with E-state index in [-0.39, 0.29) is 45.9 Å². The van der Waals surface area contributed by atoms with E-state index >= 15 is 0 Å². The van der Waals surface area contributed by atoms with Gasteiger partial charge in [-0.1, -0.05) is 17.7 Å². The third-order valence-corrected chi connectivity index (χ3v) is 5.11. The normalized spacial score (nSPS) is 10.8. The second kappa shape index (κ2) is 9.75. The molecule has 0 N–H and O–H groups in total. The quantitative estimate of drug-likeness (QED) is 0.303. The number of rotatable bonds is 7. The fraction of sp³-hybridized carbons (Fsp3) is 0.120. The molecule has 33 heavy (non-hydrogen) atoms. The lowest BCUT2D eigenvalue weighted by atomic mass is 10.2. The molecule has 0 saturated heterocycles. The van der Waals surface area contributed by atoms with Crippen LogP contribution >= 0.6 is 11.6 Å². The molecule has 1 heterocycles. The predicted octanol–water partition coefficient (Wildman–Crippen LogP) is 6.13. The maximum atomic E-state index is 13.9. The number of fused-ring (bicyclic) bond motifs is 1. The molecule has 4 aromatic rings. The Balaban J connectivity index is 1.51. The van der Waals surface area contributed by atoms with Crippen molar-refractivity contribution < 1.29 is 27.8 Å². The Bertz CT molecular complexity index is 1340. The minimum atomic E-state index is -0.466. The first-order chi connectivity index (χ1) is 16.0. The Morgan fingerprint density at radius 2 is 1.82 bits per heavy atom. The van der Waals surface area contributed by atoms with E-state index in [2.05, 4.69) is 0 Å². The summed E-state index contributed by atoms with van der Waals surface area (Å²) in [7, 11) is 0. The molecule has 0 radical (unpaired) electrons. The second-order valence-electron chi connectivity index (χ2n) is 6.92. The van der Waals surface area contributed by atoms with Crippen molar-refractivity contribution >= 4 is 28.5 Å². The van der Waals surface area contributed by atoms with Crippen molar-refractivity contribution in [3.05, 3.63) is 99.1 Å². The highest BCUT2D eigenvalue weighted by Crippen LogP contribution is 2.26. The van der Waals surface area contributed by atoms with Crippen molar-refractivity contribution in [1.82, 2.24) is 0 Å². The van der Waals surface area contributed by atoms with Gasteiger partial charge in [0.1, 0.15) is 35.8 Å². The van der Waals surface area contributed by atoms with Crippen LogP contribution < -0.4 is 14.9 Å². The van der Waals surface area contributed by atoms with Gasteiger partial charge in [0.05, 0.1) is 22.6 Å². The van der Waals surface area contributed by atoms with E-state index in [4.69, 9.17) is 30.2 Å². The summed E-state index contributed by atoms with van der Waals surface area (Å²) in [4.78, 5) is 24.5. The third kappa shape index (κ3) is 4.99. The molecule has 168 valence electrons. The Hall–Kier alpha value is -3.84. The van der Waals surface area contributed by atoms with Gasteiger partial charge < -0.3 is 18.6 Å². The maximum absolute atomic E-state index is 13.9. The molecular formula is C25H18ClFO6. The van der Waals surface area contributed by atoms with Crippen LogP contribution in [0.4, 0.5) is 4.39 Å². The van der Waals surface area contributed by atoms with Crippen molar-refractivity contribution in [1.29, 1.82) is 0 Å². The minimum Gasteiger partial charge on any atom is -0.489 e. The van der Waals surface area contributed by atoms with Gasteiger partial charge in [0, 0.05) is 11.6 Å². The molecule has 3 aromatic carbocycles. The van der Waals surface area contributed by atoms with Crippen LogP contribution in [0.1, 0.15) is 22.8 Å². The van der Waals surface area contributed by atoms with E-state index in [1.165, 1.54) is 30.5 Å². The van der Waals surface area contributed by atoms with Gasteiger partial charge in [-0.25, -0.2) is 9.18 Å². The first-order valence-corrected chi connectivity index (χ1v) is 10.4. The molecule has 0 aliphatic carbocycles. The molecule has 0 atom stereocenters. The molecule has 0 aliphatic heterocycles. The van der Waals surface area contributed by atoms with Crippen LogP contribution in [0.3, 0.4) is 0 Å². The van der Waals surface area contributed by atoms with Crippen molar-refractivity contribution in [2.75, 3.05) is 6.61 Å². The number of ether oxygens (including phenoxy) is 3. The number of halogens is 2. The molecule has 0 amide bonds. The molecule has 0 bridgehead atoms. The molecule has 6 nitrogen and oxygen atoms in total. The van der Waals surface area contributed by atoms with Crippen LogP contribution in [0.2, 0.25) is 5.02 Å². The van der Waals surface area contributed by atoms with Crippen molar-refractivity contribution in [3.63, 3.8) is 0 Å². The van der Waals surface area contributed by atoms with Gasteiger partial charge in [0.15, 0.2) is 0 Å². The van der Waals surface area contributed by atoms with E-state index in [0.29, 0.717) is 17.1 Å². The molecule has 0 saturated carbocycles. The zero-order valence-corrected chi connectivity index (χ0v) is 18.2. The van der Waals surface area contributed by atoms with Gasteiger partial charge in [0.2, 0.25) is 11.2 Å². The lowest BCUT2D eigenvalue weighted by Gasteiger charge is -2.10. The summed E-state index contributed by atoms with van der Waals surface area (Å²) in [5.41, 5.74) is 0.508. The summed E-state index contributed by atoms with van der Waals surface area (Å²) in [6.45, 7) is 1.92. The Morgan fingerprint density at radius 1 is 1.06 bits per heavy atom. The molecule has 0 spiro atoms. The lowest BCUT2D eigenvalue weighted by molar-refractivity contribution is 0.0526. The molecule has 4 rings (SSSR count). The summed E-state index contributed by atoms with van der Waals surface area (Å²) in [5.74, 6) is -0.181. The van der Waals surface area contributed by atoms with Gasteiger partial charge in [-0.3, -0.25) is 4.79 Å². The SMILES string of the molecule is CCOC(=O)c1ccc(Oc2coc3cc(OCc4c(F)cccc4Cl)ccc3c2=O)cc1. The fourth-order valence-corrected chi connectivity index (χ4v) is 3.29. The van der Waals surface area contributed by atoms with Gasteiger partial charge >= 0.3 is 5.97 Å². The van der Waals surface area contributed by atoms with E-state index < -0.39 is 11.8 Å². The number of carbonyl (C=O) groups is 1. The maximum Gasteiger partial charge on any atom is 0.338 e. The van der Waals surface area contributed by atoms with Crippen molar-refractivity contribution in [2.24, 2.45) is 0 Å². The Morgan fingerprint density at radius 3 is 2.55 bits per heavy atom. The Kier molecular flexibility index (Phi) is 6.60. The number of carbonyl (C=O) groups excluding carboxylic acids is 1. The van der Waals surface area contributed by atoms with Crippen molar-refractivity contribution in [2.45, 2.75) is 13.5 Å². The van der Waals surface area contributed by atoms with Crippen LogP contribution in [-0.2, 0) is 11.3 Å². The van der Waals surface area contributed by atoms with E-state index in [1.807, 2.05) is 0 Å². The summed E-state index contributed by atoms with van der Waals surface area (Å²) in [5, 5.41) is 0.548. The van der Waals surface area contributed by atoms with Crippen LogP contribution in [0.5, 0.6) is 17.2 Å². The van der Waals surface area contributed by atoms with Crippen LogP contribution in [0, 0.1) is 5.82 Å². The fourth-order valence-electron chi connectivity index (χ4n) is 3.08. The van der Waals surface area contributed by atoms with Crippen molar-refractivity contribution in [3.8, 4) is 17.2 Å². The molecule has 8 heteroatoms. The predicted molar refractivity (Wildman–Crippen MR) is 121 cm³/mol. The van der Waals surface area contributed by atoms with Crippen LogP contribution in [-0.4, -0.2) is 12.6 Å². The average molecular weight is 469 g/mol. The highest BCUT2D eigenvalue weighted by molar-refractivity contribution is 6.31. The first kappa shape index (κ1) is 22.4. The average Bonchev–Trinajstić information content (AvgIpc) is 2.81. The summed E-state index contributed by atoms with van der Waals surface area (Å²) in [6.07, 6.45) is 1.20. The third-order valence-electron chi connectivity index (χ3n) is 4.75. The van der Waals surface area contributed by atoms with Crippen LogP contribution in [0.15, 0.2) is 76.1 Å². The molecular weight excluding hydrogens is 451 g/mol. The minimum absolute atomic E-state index is 0.0156. The number of hydrogen-bond donors (Lipinski definition) is 0. The van der Waals surface area contributed by atoms with E-state index in [0.717, 1.165) is 0 Å². The zero-order chi connectivity index (χ0) is 23.4. The molecule has 1 aromatic heterocycles. The van der Waals surface area contributed by atoms with Gasteiger partial charge in [-0.05, 0) is 55.5 Å². The monoisotopic (exact) mass is 468 g/mol. The summed E-state index contributed by atoms with van der Waals surface area (Å²) < 4.78 is 35.7. The highest BCUT2D eigenvalue weighted by atomic mass is 35.5. The molecule has 0 fully saturated rings. The van der Waals surface area contributed by atoms with Gasteiger partial charge in [-0.15, -0.1) is 0 Å². The topological polar surface area (TPSA) is 75.0 Å². The standard InChI is InChI=1S/C25H18ClFO6/c1-2-30-25(29)15-6-8-16(9-7-15)33-23-14-32-22-12-17(10-11-18(22)24(23)28)31-13-19-20(26)4-3-5-21(19)27/h3-12,14H,2,13H2,1H3. The van der Waals surface area contributed by atoms with Crippen LogP contribution in [0.25, 0.3) is 11.0 Å². The molecule has 0 aliphatic rings.